The Hall–Kier alpha value is -4.82. The molecule has 0 fully saturated rings. The van der Waals surface area contributed by atoms with Gasteiger partial charge in [0.15, 0.2) is 0 Å². The van der Waals surface area contributed by atoms with E-state index in [4.69, 9.17) is 0 Å². The Balaban J connectivity index is 1.31. The number of rotatable bonds is 7. The molecule has 0 saturated carbocycles. The Labute approximate surface area is 238 Å². The maximum atomic E-state index is 2.36. The van der Waals surface area contributed by atoms with Crippen molar-refractivity contribution < 1.29 is 0 Å². The summed E-state index contributed by atoms with van der Waals surface area (Å²) in [6, 6.07) is 45.8. The predicted octanol–water partition coefficient (Wildman–Crippen LogP) is 10.8. The minimum atomic E-state index is 1.07. The van der Waals surface area contributed by atoms with Crippen LogP contribution in [0.3, 0.4) is 0 Å². The number of anilines is 5. The van der Waals surface area contributed by atoms with Crippen LogP contribution in [0.5, 0.6) is 0 Å². The predicted molar refractivity (Wildman–Crippen MR) is 171 cm³/mol. The van der Waals surface area contributed by atoms with Gasteiger partial charge in [0, 0.05) is 34.1 Å². The van der Waals surface area contributed by atoms with Crippen LogP contribution in [0.4, 0.5) is 28.4 Å². The normalized spacial score (nSPS) is 12.6. The zero-order valence-corrected chi connectivity index (χ0v) is 23.2. The van der Waals surface area contributed by atoms with Crippen LogP contribution >= 0.6 is 0 Å². The van der Waals surface area contributed by atoms with Gasteiger partial charge >= 0.3 is 0 Å². The monoisotopic (exact) mass is 518 g/mol. The fourth-order valence-corrected chi connectivity index (χ4v) is 5.38. The van der Waals surface area contributed by atoms with Crippen molar-refractivity contribution in [2.45, 2.75) is 26.7 Å². The largest absolute Gasteiger partial charge is 0.311 e. The first kappa shape index (κ1) is 25.5. The lowest BCUT2D eigenvalue weighted by Gasteiger charge is -2.28. The van der Waals surface area contributed by atoms with Gasteiger partial charge in [-0.3, -0.25) is 0 Å². The van der Waals surface area contributed by atoms with E-state index >= 15 is 0 Å². The van der Waals surface area contributed by atoms with E-state index in [9.17, 15) is 0 Å². The van der Waals surface area contributed by atoms with Crippen molar-refractivity contribution in [1.29, 1.82) is 0 Å². The molecular weight excluding hydrogens is 484 g/mol. The van der Waals surface area contributed by atoms with Gasteiger partial charge in [-0.1, -0.05) is 78.9 Å². The summed E-state index contributed by atoms with van der Waals surface area (Å²) in [5.74, 6) is 0. The molecule has 6 rings (SSSR count). The summed E-state index contributed by atoms with van der Waals surface area (Å²) in [4.78, 5) is 4.67. The second-order valence-electron chi connectivity index (χ2n) is 10.4. The smallest absolute Gasteiger partial charge is 0.0464 e. The highest BCUT2D eigenvalue weighted by Gasteiger charge is 2.16. The molecule has 5 aromatic carbocycles. The van der Waals surface area contributed by atoms with Crippen LogP contribution in [0.15, 0.2) is 151 Å². The molecule has 0 aliphatic heterocycles. The van der Waals surface area contributed by atoms with Gasteiger partial charge in [-0.25, -0.2) is 0 Å². The highest BCUT2D eigenvalue weighted by atomic mass is 15.1. The van der Waals surface area contributed by atoms with Crippen LogP contribution in [-0.2, 0) is 0 Å². The van der Waals surface area contributed by atoms with Gasteiger partial charge in [-0.2, -0.15) is 0 Å². The Kier molecular flexibility index (Phi) is 7.32. The molecule has 0 amide bonds. The molecule has 0 spiro atoms. The summed E-state index contributed by atoms with van der Waals surface area (Å²) in [5, 5.41) is 0. The van der Waals surface area contributed by atoms with Crippen LogP contribution < -0.4 is 9.80 Å². The van der Waals surface area contributed by atoms with Crippen molar-refractivity contribution in [2.24, 2.45) is 0 Å². The van der Waals surface area contributed by atoms with Crippen molar-refractivity contribution in [3.05, 3.63) is 162 Å². The zero-order valence-electron chi connectivity index (χ0n) is 23.2. The van der Waals surface area contributed by atoms with Gasteiger partial charge in [0.1, 0.15) is 0 Å². The number of allylic oxidation sites excluding steroid dienone is 3. The number of hydrogen-bond donors (Lipinski definition) is 0. The molecule has 40 heavy (non-hydrogen) atoms. The molecule has 2 nitrogen and oxygen atoms in total. The molecular formula is C38H34N2. The number of para-hydroxylation sites is 1. The average molecular weight is 519 g/mol. The first-order valence-corrected chi connectivity index (χ1v) is 14.0. The molecule has 5 aromatic rings. The van der Waals surface area contributed by atoms with Crippen molar-refractivity contribution in [3.8, 4) is 11.1 Å². The Bertz CT molecular complexity index is 1640. The van der Waals surface area contributed by atoms with E-state index in [-0.39, 0.29) is 0 Å². The second kappa shape index (κ2) is 11.5. The van der Waals surface area contributed by atoms with Gasteiger partial charge in [0.2, 0.25) is 0 Å². The molecule has 0 N–H and O–H groups in total. The van der Waals surface area contributed by atoms with E-state index in [1.807, 2.05) is 0 Å². The standard InChI is InChI=1S/C38H34N2/c1-29-11-9-17-37(27-29)39(33-13-5-3-6-14-33)35-23-19-31(20-24-35)32-21-25-36(26-22-32)40(34-15-7-4-8-16-34)38-18-10-12-30(2)28-38/h3,5-7,9-28H,4,8H2,1-2H3. The Morgan fingerprint density at radius 3 is 1.48 bits per heavy atom. The number of benzene rings is 5. The lowest BCUT2D eigenvalue weighted by atomic mass is 10.0. The molecule has 0 aromatic heterocycles. The van der Waals surface area contributed by atoms with Crippen LogP contribution in [-0.4, -0.2) is 0 Å². The third-order valence-corrected chi connectivity index (χ3v) is 7.35. The number of aryl methyl sites for hydroxylation is 2. The molecule has 0 bridgehead atoms. The van der Waals surface area contributed by atoms with E-state index in [1.165, 1.54) is 39.3 Å². The van der Waals surface area contributed by atoms with Crippen molar-refractivity contribution >= 4 is 28.4 Å². The minimum absolute atomic E-state index is 1.07. The van der Waals surface area contributed by atoms with Crippen LogP contribution in [0, 0.1) is 13.8 Å². The third-order valence-electron chi connectivity index (χ3n) is 7.35. The Morgan fingerprint density at radius 2 is 0.950 bits per heavy atom. The highest BCUT2D eigenvalue weighted by Crippen LogP contribution is 2.37. The van der Waals surface area contributed by atoms with Gasteiger partial charge in [0.05, 0.1) is 0 Å². The van der Waals surface area contributed by atoms with E-state index in [0.29, 0.717) is 0 Å². The number of hydrogen-bond acceptors (Lipinski definition) is 2. The molecule has 1 aliphatic carbocycles. The minimum Gasteiger partial charge on any atom is -0.311 e. The summed E-state index contributed by atoms with van der Waals surface area (Å²) < 4.78 is 0. The van der Waals surface area contributed by atoms with Crippen molar-refractivity contribution in [2.75, 3.05) is 9.80 Å². The van der Waals surface area contributed by atoms with Gasteiger partial charge in [-0.15, -0.1) is 0 Å². The van der Waals surface area contributed by atoms with Crippen LogP contribution in [0.2, 0.25) is 0 Å². The summed E-state index contributed by atoms with van der Waals surface area (Å²) in [5.41, 5.74) is 11.9. The molecule has 0 heterocycles. The number of nitrogens with zero attached hydrogens (tertiary/aromatic N) is 2. The van der Waals surface area contributed by atoms with Crippen molar-refractivity contribution in [3.63, 3.8) is 0 Å². The second-order valence-corrected chi connectivity index (χ2v) is 10.4. The fourth-order valence-electron chi connectivity index (χ4n) is 5.38. The lowest BCUT2D eigenvalue weighted by molar-refractivity contribution is 0.997. The van der Waals surface area contributed by atoms with Gasteiger partial charge in [0.25, 0.3) is 0 Å². The van der Waals surface area contributed by atoms with Gasteiger partial charge < -0.3 is 9.80 Å². The third kappa shape index (κ3) is 5.48. The summed E-state index contributed by atoms with van der Waals surface area (Å²) in [6.45, 7) is 4.29. The van der Waals surface area contributed by atoms with Crippen molar-refractivity contribution in [1.82, 2.24) is 0 Å². The molecule has 196 valence electrons. The average Bonchev–Trinajstić information content (AvgIpc) is 3.00. The zero-order chi connectivity index (χ0) is 27.3. The maximum Gasteiger partial charge on any atom is 0.0464 e. The van der Waals surface area contributed by atoms with Gasteiger partial charge in [-0.05, 0) is 116 Å². The van der Waals surface area contributed by atoms with Crippen LogP contribution in [0.25, 0.3) is 11.1 Å². The Morgan fingerprint density at radius 1 is 0.450 bits per heavy atom. The topological polar surface area (TPSA) is 6.48 Å². The summed E-state index contributed by atoms with van der Waals surface area (Å²) in [7, 11) is 0. The summed E-state index contributed by atoms with van der Waals surface area (Å²) >= 11 is 0. The van der Waals surface area contributed by atoms with Crippen LogP contribution in [0.1, 0.15) is 24.0 Å². The molecule has 0 unspecified atom stereocenters. The fraction of sp³-hybridized carbons (Fsp3) is 0.105. The maximum absolute atomic E-state index is 2.36. The van der Waals surface area contributed by atoms with E-state index in [0.717, 1.165) is 29.9 Å². The molecule has 1 aliphatic rings. The highest BCUT2D eigenvalue weighted by molar-refractivity contribution is 5.79. The first-order valence-electron chi connectivity index (χ1n) is 14.0. The lowest BCUT2D eigenvalue weighted by Crippen LogP contribution is -2.16. The molecule has 0 saturated heterocycles. The first-order chi connectivity index (χ1) is 19.7. The van der Waals surface area contributed by atoms with E-state index in [1.54, 1.807) is 0 Å². The molecule has 2 heteroatoms. The molecule has 0 radical (unpaired) electrons. The quantitative estimate of drug-likeness (QED) is 0.211. The van der Waals surface area contributed by atoms with E-state index < -0.39 is 0 Å². The van der Waals surface area contributed by atoms with E-state index in [2.05, 4.69) is 169 Å². The molecule has 0 atom stereocenters. The summed E-state index contributed by atoms with van der Waals surface area (Å²) in [6.07, 6.45) is 9.02. The SMILES string of the molecule is Cc1cccc(N(C2=CCCC=C2)c2ccc(-c3ccc(N(c4ccccc4)c4cccc(C)c4)cc3)cc2)c1.